The SMILES string of the molecule is O[C@H](CN(Cc1ccno1)C1CC1)c1ccc(F)cc1. The van der Waals surface area contributed by atoms with Gasteiger partial charge in [-0.05, 0) is 30.5 Å². The second-order valence-corrected chi connectivity index (χ2v) is 5.21. The number of nitrogens with zero attached hydrogens (tertiary/aromatic N) is 2. The molecule has 0 radical (unpaired) electrons. The van der Waals surface area contributed by atoms with Crippen LogP contribution in [0.15, 0.2) is 41.1 Å². The van der Waals surface area contributed by atoms with Gasteiger partial charge in [-0.15, -0.1) is 0 Å². The van der Waals surface area contributed by atoms with Gasteiger partial charge in [0, 0.05) is 18.7 Å². The van der Waals surface area contributed by atoms with E-state index < -0.39 is 6.10 Å². The number of benzene rings is 1. The van der Waals surface area contributed by atoms with Crippen LogP contribution < -0.4 is 0 Å². The third-order valence-electron chi connectivity index (χ3n) is 3.58. The molecule has 1 atom stereocenters. The largest absolute Gasteiger partial charge is 0.387 e. The summed E-state index contributed by atoms with van der Waals surface area (Å²) in [5.74, 6) is 0.505. The molecule has 0 aliphatic heterocycles. The molecular weight excluding hydrogens is 259 g/mol. The summed E-state index contributed by atoms with van der Waals surface area (Å²) >= 11 is 0. The van der Waals surface area contributed by atoms with Gasteiger partial charge in [0.1, 0.15) is 5.82 Å². The predicted octanol–water partition coefficient (Wildman–Crippen LogP) is 2.51. The lowest BCUT2D eigenvalue weighted by Crippen LogP contribution is -2.30. The monoisotopic (exact) mass is 276 g/mol. The lowest BCUT2D eigenvalue weighted by atomic mass is 10.1. The summed E-state index contributed by atoms with van der Waals surface area (Å²) in [6.07, 6.45) is 3.28. The molecule has 3 rings (SSSR count). The standard InChI is InChI=1S/C15H17FN2O2/c16-12-3-1-11(2-4-12)15(19)10-18(13-5-6-13)9-14-7-8-17-20-14/h1-4,7-8,13,15,19H,5-6,9-10H2/t15-/m1/s1. The maximum Gasteiger partial charge on any atom is 0.150 e. The van der Waals surface area contributed by atoms with Crippen LogP contribution in [-0.2, 0) is 6.54 Å². The van der Waals surface area contributed by atoms with Crippen LogP contribution in [-0.4, -0.2) is 27.7 Å². The fourth-order valence-electron chi connectivity index (χ4n) is 2.32. The topological polar surface area (TPSA) is 49.5 Å². The van der Waals surface area contributed by atoms with Gasteiger partial charge in [0.05, 0.1) is 18.8 Å². The molecule has 1 aromatic heterocycles. The van der Waals surface area contributed by atoms with Crippen LogP contribution in [0.1, 0.15) is 30.3 Å². The van der Waals surface area contributed by atoms with Gasteiger partial charge in [-0.3, -0.25) is 4.90 Å². The minimum Gasteiger partial charge on any atom is -0.387 e. The molecule has 1 aliphatic carbocycles. The van der Waals surface area contributed by atoms with Crippen LogP contribution in [0.3, 0.4) is 0 Å². The summed E-state index contributed by atoms with van der Waals surface area (Å²) < 4.78 is 18.0. The van der Waals surface area contributed by atoms with Crippen molar-refractivity contribution in [1.29, 1.82) is 0 Å². The van der Waals surface area contributed by atoms with Crippen molar-refractivity contribution in [3.05, 3.63) is 53.7 Å². The molecule has 1 heterocycles. The molecule has 0 spiro atoms. The molecule has 2 aromatic rings. The van der Waals surface area contributed by atoms with Gasteiger partial charge in [0.2, 0.25) is 0 Å². The fourth-order valence-corrected chi connectivity index (χ4v) is 2.32. The zero-order chi connectivity index (χ0) is 13.9. The Morgan fingerprint density at radius 1 is 1.30 bits per heavy atom. The summed E-state index contributed by atoms with van der Waals surface area (Å²) in [4.78, 5) is 2.19. The van der Waals surface area contributed by atoms with Crippen LogP contribution >= 0.6 is 0 Å². The van der Waals surface area contributed by atoms with Gasteiger partial charge in [-0.2, -0.15) is 0 Å². The van der Waals surface area contributed by atoms with E-state index in [1.54, 1.807) is 18.3 Å². The van der Waals surface area contributed by atoms with E-state index in [0.717, 1.165) is 24.2 Å². The number of rotatable bonds is 6. The van der Waals surface area contributed by atoms with E-state index in [2.05, 4.69) is 10.1 Å². The Labute approximate surface area is 116 Å². The Hall–Kier alpha value is -1.72. The average Bonchev–Trinajstić information content (AvgIpc) is 3.17. The second-order valence-electron chi connectivity index (χ2n) is 5.21. The smallest absolute Gasteiger partial charge is 0.150 e. The van der Waals surface area contributed by atoms with Crippen molar-refractivity contribution < 1.29 is 14.0 Å². The van der Waals surface area contributed by atoms with Crippen molar-refractivity contribution in [3.63, 3.8) is 0 Å². The molecular formula is C15H17FN2O2. The van der Waals surface area contributed by atoms with E-state index in [-0.39, 0.29) is 5.82 Å². The van der Waals surface area contributed by atoms with E-state index in [0.29, 0.717) is 19.1 Å². The van der Waals surface area contributed by atoms with E-state index >= 15 is 0 Å². The van der Waals surface area contributed by atoms with E-state index in [9.17, 15) is 9.50 Å². The molecule has 5 heteroatoms. The molecule has 1 saturated carbocycles. The van der Waals surface area contributed by atoms with Gasteiger partial charge in [0.15, 0.2) is 5.76 Å². The van der Waals surface area contributed by atoms with Gasteiger partial charge in [-0.25, -0.2) is 4.39 Å². The highest BCUT2D eigenvalue weighted by atomic mass is 19.1. The predicted molar refractivity (Wildman–Crippen MR) is 71.3 cm³/mol. The van der Waals surface area contributed by atoms with Gasteiger partial charge >= 0.3 is 0 Å². The molecule has 0 saturated heterocycles. The quantitative estimate of drug-likeness (QED) is 0.880. The fraction of sp³-hybridized carbons (Fsp3) is 0.400. The molecule has 0 bridgehead atoms. The normalized spacial score (nSPS) is 16.6. The lowest BCUT2D eigenvalue weighted by Gasteiger charge is -2.24. The van der Waals surface area contributed by atoms with E-state index in [1.165, 1.54) is 12.1 Å². The third kappa shape index (κ3) is 3.23. The number of aromatic nitrogens is 1. The summed E-state index contributed by atoms with van der Waals surface area (Å²) in [5.41, 5.74) is 0.731. The molecule has 1 aromatic carbocycles. The zero-order valence-electron chi connectivity index (χ0n) is 11.1. The number of hydrogen-bond donors (Lipinski definition) is 1. The Bertz CT molecular complexity index is 538. The van der Waals surface area contributed by atoms with Crippen molar-refractivity contribution in [3.8, 4) is 0 Å². The van der Waals surface area contributed by atoms with Crippen LogP contribution in [0.5, 0.6) is 0 Å². The molecule has 0 amide bonds. The Morgan fingerprint density at radius 3 is 2.65 bits per heavy atom. The van der Waals surface area contributed by atoms with Crippen LogP contribution in [0, 0.1) is 5.82 Å². The van der Waals surface area contributed by atoms with Crippen LogP contribution in [0.25, 0.3) is 0 Å². The molecule has 20 heavy (non-hydrogen) atoms. The maximum atomic E-state index is 12.9. The maximum absolute atomic E-state index is 12.9. The van der Waals surface area contributed by atoms with Gasteiger partial charge in [0.25, 0.3) is 0 Å². The summed E-state index contributed by atoms with van der Waals surface area (Å²) in [5, 5.41) is 14.0. The summed E-state index contributed by atoms with van der Waals surface area (Å²) in [6, 6.07) is 8.32. The number of halogens is 1. The molecule has 1 N–H and O–H groups in total. The Kier molecular flexibility index (Phi) is 3.80. The van der Waals surface area contributed by atoms with Crippen LogP contribution in [0.2, 0.25) is 0 Å². The first-order valence-corrected chi connectivity index (χ1v) is 6.79. The van der Waals surface area contributed by atoms with Crippen molar-refractivity contribution in [1.82, 2.24) is 10.1 Å². The van der Waals surface area contributed by atoms with Crippen molar-refractivity contribution in [2.45, 2.75) is 31.5 Å². The summed E-state index contributed by atoms with van der Waals surface area (Å²) in [7, 11) is 0. The first-order valence-electron chi connectivity index (χ1n) is 6.79. The Morgan fingerprint density at radius 2 is 2.05 bits per heavy atom. The molecule has 1 fully saturated rings. The minimum absolute atomic E-state index is 0.290. The first kappa shape index (κ1) is 13.3. The molecule has 0 unspecified atom stereocenters. The highest BCUT2D eigenvalue weighted by Crippen LogP contribution is 2.30. The van der Waals surface area contributed by atoms with Gasteiger partial charge < -0.3 is 9.63 Å². The molecule has 106 valence electrons. The Balaban J connectivity index is 1.65. The van der Waals surface area contributed by atoms with E-state index in [1.807, 2.05) is 6.07 Å². The van der Waals surface area contributed by atoms with E-state index in [4.69, 9.17) is 4.52 Å². The summed E-state index contributed by atoms with van der Waals surface area (Å²) in [6.45, 7) is 1.15. The number of aliphatic hydroxyl groups excluding tert-OH is 1. The first-order chi connectivity index (χ1) is 9.72. The zero-order valence-corrected chi connectivity index (χ0v) is 11.1. The average molecular weight is 276 g/mol. The number of aliphatic hydroxyl groups is 1. The van der Waals surface area contributed by atoms with Crippen molar-refractivity contribution in [2.24, 2.45) is 0 Å². The third-order valence-corrected chi connectivity index (χ3v) is 3.58. The number of hydrogen-bond acceptors (Lipinski definition) is 4. The van der Waals surface area contributed by atoms with Crippen molar-refractivity contribution >= 4 is 0 Å². The van der Waals surface area contributed by atoms with Crippen LogP contribution in [0.4, 0.5) is 4.39 Å². The molecule has 4 nitrogen and oxygen atoms in total. The van der Waals surface area contributed by atoms with Gasteiger partial charge in [-0.1, -0.05) is 17.3 Å². The molecule has 1 aliphatic rings. The minimum atomic E-state index is -0.626. The van der Waals surface area contributed by atoms with Crippen molar-refractivity contribution in [2.75, 3.05) is 6.54 Å². The highest BCUT2D eigenvalue weighted by Gasteiger charge is 2.31. The second kappa shape index (κ2) is 5.73. The lowest BCUT2D eigenvalue weighted by molar-refractivity contribution is 0.0983. The highest BCUT2D eigenvalue weighted by molar-refractivity contribution is 5.19.